The van der Waals surface area contributed by atoms with Crippen molar-refractivity contribution in [2.75, 3.05) is 36.5 Å². The van der Waals surface area contributed by atoms with Crippen LogP contribution in [-0.2, 0) is 4.74 Å². The average molecular weight is 343 g/mol. The number of aryl methyl sites for hydroxylation is 1. The maximum Gasteiger partial charge on any atom is 0.274 e. The summed E-state index contributed by atoms with van der Waals surface area (Å²) in [7, 11) is 0. The number of carbonyl (C=O) groups is 1. The molecule has 0 atom stereocenters. The van der Waals surface area contributed by atoms with Gasteiger partial charge in [-0.2, -0.15) is 0 Å². The fourth-order valence-electron chi connectivity index (χ4n) is 2.48. The van der Waals surface area contributed by atoms with Gasteiger partial charge in [-0.15, -0.1) is 0 Å². The Morgan fingerprint density at radius 3 is 2.76 bits per heavy atom. The number of morpholine rings is 1. The van der Waals surface area contributed by atoms with Crippen molar-refractivity contribution in [1.29, 1.82) is 0 Å². The van der Waals surface area contributed by atoms with E-state index in [0.29, 0.717) is 37.8 Å². The molecule has 1 amide bonds. The Bertz CT molecular complexity index is 805. The van der Waals surface area contributed by atoms with Crippen LogP contribution < -0.4 is 10.2 Å². The molecule has 1 N–H and O–H groups in total. The zero-order valence-corrected chi connectivity index (χ0v) is 13.6. The highest BCUT2D eigenvalue weighted by atomic mass is 16.6. The fraction of sp³-hybridized carbons (Fsp3) is 0.312. The molecule has 2 heterocycles. The van der Waals surface area contributed by atoms with E-state index in [1.165, 1.54) is 18.5 Å². The van der Waals surface area contributed by atoms with E-state index in [0.717, 1.165) is 5.56 Å². The lowest BCUT2D eigenvalue weighted by atomic mass is 10.1. The van der Waals surface area contributed by atoms with E-state index < -0.39 is 10.8 Å². The molecule has 1 saturated heterocycles. The van der Waals surface area contributed by atoms with Crippen LogP contribution in [0.15, 0.2) is 30.6 Å². The van der Waals surface area contributed by atoms with E-state index in [9.17, 15) is 14.9 Å². The molecule has 0 aliphatic carbocycles. The first-order chi connectivity index (χ1) is 12.0. The summed E-state index contributed by atoms with van der Waals surface area (Å²) in [6, 6.07) is 5.92. The van der Waals surface area contributed by atoms with Crippen LogP contribution in [0.2, 0.25) is 0 Å². The van der Waals surface area contributed by atoms with Crippen LogP contribution in [0.25, 0.3) is 0 Å². The van der Waals surface area contributed by atoms with Gasteiger partial charge in [-0.05, 0) is 12.5 Å². The van der Waals surface area contributed by atoms with Crippen LogP contribution in [0.3, 0.4) is 0 Å². The number of nitrogens with one attached hydrogen (secondary N) is 1. The van der Waals surface area contributed by atoms with Crippen LogP contribution in [-0.4, -0.2) is 47.1 Å². The largest absolute Gasteiger partial charge is 0.378 e. The van der Waals surface area contributed by atoms with E-state index in [-0.39, 0.29) is 11.4 Å². The predicted octanol–water partition coefficient (Wildman–Crippen LogP) is 1.78. The van der Waals surface area contributed by atoms with Gasteiger partial charge in [-0.3, -0.25) is 14.9 Å². The van der Waals surface area contributed by atoms with Crippen molar-refractivity contribution in [2.45, 2.75) is 6.92 Å². The van der Waals surface area contributed by atoms with Crippen molar-refractivity contribution in [1.82, 2.24) is 9.97 Å². The number of amides is 1. The third kappa shape index (κ3) is 3.89. The number of aromatic nitrogens is 2. The summed E-state index contributed by atoms with van der Waals surface area (Å²) < 4.78 is 5.30. The van der Waals surface area contributed by atoms with Gasteiger partial charge in [0.1, 0.15) is 17.8 Å². The highest BCUT2D eigenvalue weighted by molar-refractivity contribution is 6.03. The smallest absolute Gasteiger partial charge is 0.274 e. The Morgan fingerprint density at radius 1 is 1.28 bits per heavy atom. The van der Waals surface area contributed by atoms with E-state index in [2.05, 4.69) is 15.3 Å². The topological polar surface area (TPSA) is 110 Å². The van der Waals surface area contributed by atoms with Crippen LogP contribution in [0.1, 0.15) is 16.1 Å². The molecule has 1 aromatic carbocycles. The molecule has 0 bridgehead atoms. The van der Waals surface area contributed by atoms with Gasteiger partial charge in [0.05, 0.1) is 23.8 Å². The molecule has 9 nitrogen and oxygen atoms in total. The normalized spacial score (nSPS) is 14.2. The van der Waals surface area contributed by atoms with Gasteiger partial charge >= 0.3 is 0 Å². The number of nitro groups is 1. The standard InChI is InChI=1S/C16H17N5O4/c1-11-2-3-12(21(23)24)8-13(11)19-16(22)14-9-15(18-10-17-14)20-4-6-25-7-5-20/h2-3,8-10H,4-7H2,1H3,(H,19,22). The Labute approximate surface area is 143 Å². The number of ether oxygens (including phenoxy) is 1. The van der Waals surface area contributed by atoms with Crippen LogP contribution in [0, 0.1) is 17.0 Å². The Hall–Kier alpha value is -3.07. The summed E-state index contributed by atoms with van der Waals surface area (Å²) in [5.74, 6) is 0.208. The first-order valence-electron chi connectivity index (χ1n) is 7.76. The molecule has 1 fully saturated rings. The van der Waals surface area contributed by atoms with E-state index >= 15 is 0 Å². The predicted molar refractivity (Wildman–Crippen MR) is 90.9 cm³/mol. The Balaban J connectivity index is 1.79. The maximum absolute atomic E-state index is 12.5. The summed E-state index contributed by atoms with van der Waals surface area (Å²) in [5.41, 5.74) is 1.21. The van der Waals surface area contributed by atoms with Crippen molar-refractivity contribution >= 4 is 23.1 Å². The first kappa shape index (κ1) is 16.8. The van der Waals surface area contributed by atoms with Crippen molar-refractivity contribution in [3.63, 3.8) is 0 Å². The van der Waals surface area contributed by atoms with E-state index in [1.54, 1.807) is 19.1 Å². The second-order valence-corrected chi connectivity index (χ2v) is 5.57. The number of nitro benzene ring substituents is 1. The highest BCUT2D eigenvalue weighted by Crippen LogP contribution is 2.22. The molecular weight excluding hydrogens is 326 g/mol. The second kappa shape index (κ2) is 7.22. The first-order valence-corrected chi connectivity index (χ1v) is 7.76. The molecule has 0 radical (unpaired) electrons. The van der Waals surface area contributed by atoms with Crippen molar-refractivity contribution in [3.8, 4) is 0 Å². The molecule has 25 heavy (non-hydrogen) atoms. The van der Waals surface area contributed by atoms with Crippen LogP contribution >= 0.6 is 0 Å². The molecule has 9 heteroatoms. The molecule has 130 valence electrons. The van der Waals surface area contributed by atoms with Crippen molar-refractivity contribution in [3.05, 3.63) is 52.0 Å². The number of hydrogen-bond acceptors (Lipinski definition) is 7. The third-order valence-corrected chi connectivity index (χ3v) is 3.90. The maximum atomic E-state index is 12.5. The minimum Gasteiger partial charge on any atom is -0.378 e. The fourth-order valence-corrected chi connectivity index (χ4v) is 2.48. The van der Waals surface area contributed by atoms with Crippen LogP contribution in [0.5, 0.6) is 0 Å². The van der Waals surface area contributed by atoms with Gasteiger partial charge in [-0.1, -0.05) is 6.07 Å². The summed E-state index contributed by atoms with van der Waals surface area (Å²) >= 11 is 0. The van der Waals surface area contributed by atoms with Gasteiger partial charge in [0.15, 0.2) is 0 Å². The zero-order chi connectivity index (χ0) is 17.8. The minimum absolute atomic E-state index is 0.0856. The molecule has 0 saturated carbocycles. The number of nitrogens with zero attached hydrogens (tertiary/aromatic N) is 4. The quantitative estimate of drug-likeness (QED) is 0.665. The number of benzene rings is 1. The van der Waals surface area contributed by atoms with Crippen molar-refractivity contribution in [2.24, 2.45) is 0 Å². The lowest BCUT2D eigenvalue weighted by Crippen LogP contribution is -2.37. The molecule has 1 aromatic heterocycles. The summed E-state index contributed by atoms with van der Waals surface area (Å²) in [6.07, 6.45) is 1.33. The van der Waals surface area contributed by atoms with Crippen LogP contribution in [0.4, 0.5) is 17.2 Å². The lowest BCUT2D eigenvalue weighted by Gasteiger charge is -2.27. The molecule has 2 aromatic rings. The Kier molecular flexibility index (Phi) is 4.85. The van der Waals surface area contributed by atoms with E-state index in [4.69, 9.17) is 4.74 Å². The molecular formula is C16H17N5O4. The number of hydrogen-bond donors (Lipinski definition) is 1. The summed E-state index contributed by atoms with van der Waals surface area (Å²) in [4.78, 5) is 33.1. The van der Waals surface area contributed by atoms with Gasteiger partial charge in [0, 0.05) is 31.3 Å². The average Bonchev–Trinajstić information content (AvgIpc) is 2.64. The molecule has 3 rings (SSSR count). The number of non-ortho nitro benzene ring substituents is 1. The van der Waals surface area contributed by atoms with E-state index in [1.807, 2.05) is 4.90 Å². The van der Waals surface area contributed by atoms with Gasteiger partial charge in [-0.25, -0.2) is 9.97 Å². The number of anilines is 2. The SMILES string of the molecule is Cc1ccc([N+](=O)[O-])cc1NC(=O)c1cc(N2CCOCC2)ncn1. The van der Waals surface area contributed by atoms with Gasteiger partial charge in [0.25, 0.3) is 11.6 Å². The van der Waals surface area contributed by atoms with Gasteiger partial charge < -0.3 is 15.0 Å². The number of carbonyl (C=O) groups excluding carboxylic acids is 1. The highest BCUT2D eigenvalue weighted by Gasteiger charge is 2.17. The van der Waals surface area contributed by atoms with Crippen molar-refractivity contribution < 1.29 is 14.5 Å². The summed E-state index contributed by atoms with van der Waals surface area (Å²) in [6.45, 7) is 4.37. The third-order valence-electron chi connectivity index (χ3n) is 3.90. The summed E-state index contributed by atoms with van der Waals surface area (Å²) in [5, 5.41) is 13.6. The number of rotatable bonds is 4. The monoisotopic (exact) mass is 343 g/mol. The lowest BCUT2D eigenvalue weighted by molar-refractivity contribution is -0.384. The van der Waals surface area contributed by atoms with Gasteiger partial charge in [0.2, 0.25) is 0 Å². The zero-order valence-electron chi connectivity index (χ0n) is 13.6. The minimum atomic E-state index is -0.504. The second-order valence-electron chi connectivity index (χ2n) is 5.57. The molecule has 0 unspecified atom stereocenters. The molecule has 1 aliphatic rings. The Morgan fingerprint density at radius 2 is 2.04 bits per heavy atom. The molecule has 1 aliphatic heterocycles. The molecule has 0 spiro atoms.